The molecule has 2 N–H and O–H groups in total. The average Bonchev–Trinajstić information content (AvgIpc) is 2.65. The van der Waals surface area contributed by atoms with Crippen LogP contribution in [0.4, 0.5) is 0 Å². The van der Waals surface area contributed by atoms with Crippen LogP contribution in [0.3, 0.4) is 0 Å². The Balaban J connectivity index is 1.70. The SMILES string of the molecule is CC1(NCC2CCNCC2)CCCC1. The normalized spacial score (nSPS) is 28.1. The number of piperidine rings is 1. The van der Waals surface area contributed by atoms with Gasteiger partial charge in [-0.3, -0.25) is 0 Å². The molecule has 0 bridgehead atoms. The van der Waals surface area contributed by atoms with Gasteiger partial charge in [-0.05, 0) is 58.2 Å². The van der Waals surface area contributed by atoms with Gasteiger partial charge in [0, 0.05) is 5.54 Å². The lowest BCUT2D eigenvalue weighted by Gasteiger charge is -2.30. The molecule has 1 saturated carbocycles. The Bertz CT molecular complexity index is 167. The first-order valence-corrected chi connectivity index (χ1v) is 6.24. The summed E-state index contributed by atoms with van der Waals surface area (Å²) in [6.45, 7) is 6.10. The molecule has 2 nitrogen and oxygen atoms in total. The molecule has 0 aromatic heterocycles. The maximum absolute atomic E-state index is 3.80. The maximum Gasteiger partial charge on any atom is 0.0153 e. The molecule has 14 heavy (non-hydrogen) atoms. The molecule has 0 unspecified atom stereocenters. The Morgan fingerprint density at radius 3 is 2.50 bits per heavy atom. The fourth-order valence-corrected chi connectivity index (χ4v) is 2.81. The third-order valence-electron chi connectivity index (χ3n) is 3.98. The molecule has 0 amide bonds. The van der Waals surface area contributed by atoms with Gasteiger partial charge in [-0.25, -0.2) is 0 Å². The van der Waals surface area contributed by atoms with Gasteiger partial charge in [-0.1, -0.05) is 12.8 Å². The van der Waals surface area contributed by atoms with Crippen LogP contribution in [0.5, 0.6) is 0 Å². The van der Waals surface area contributed by atoms with Gasteiger partial charge in [0.25, 0.3) is 0 Å². The highest BCUT2D eigenvalue weighted by Crippen LogP contribution is 2.29. The van der Waals surface area contributed by atoms with Crippen molar-refractivity contribution in [3.05, 3.63) is 0 Å². The Hall–Kier alpha value is -0.0800. The van der Waals surface area contributed by atoms with Crippen molar-refractivity contribution >= 4 is 0 Å². The van der Waals surface area contributed by atoms with Crippen LogP contribution in [0.2, 0.25) is 0 Å². The van der Waals surface area contributed by atoms with E-state index in [4.69, 9.17) is 0 Å². The first kappa shape index (κ1) is 10.4. The highest BCUT2D eigenvalue weighted by molar-refractivity contribution is 4.89. The monoisotopic (exact) mass is 196 g/mol. The molecule has 1 heterocycles. The summed E-state index contributed by atoms with van der Waals surface area (Å²) >= 11 is 0. The van der Waals surface area contributed by atoms with Crippen molar-refractivity contribution in [3.63, 3.8) is 0 Å². The van der Waals surface area contributed by atoms with Crippen molar-refractivity contribution in [1.82, 2.24) is 10.6 Å². The molecule has 1 saturated heterocycles. The van der Waals surface area contributed by atoms with E-state index in [2.05, 4.69) is 17.6 Å². The highest BCUT2D eigenvalue weighted by Gasteiger charge is 2.28. The second kappa shape index (κ2) is 4.63. The quantitative estimate of drug-likeness (QED) is 0.720. The summed E-state index contributed by atoms with van der Waals surface area (Å²) in [5.74, 6) is 0.925. The fourth-order valence-electron chi connectivity index (χ4n) is 2.81. The number of hydrogen-bond donors (Lipinski definition) is 2. The van der Waals surface area contributed by atoms with E-state index >= 15 is 0 Å². The predicted octanol–water partition coefficient (Wildman–Crippen LogP) is 1.91. The second-order valence-corrected chi connectivity index (χ2v) is 5.34. The van der Waals surface area contributed by atoms with Gasteiger partial charge in [0.05, 0.1) is 0 Å². The smallest absolute Gasteiger partial charge is 0.0153 e. The molecular formula is C12H24N2. The van der Waals surface area contributed by atoms with E-state index in [1.54, 1.807) is 0 Å². The summed E-state index contributed by atoms with van der Waals surface area (Å²) < 4.78 is 0. The standard InChI is InChI=1S/C12H24N2/c1-12(6-2-3-7-12)14-10-11-4-8-13-9-5-11/h11,13-14H,2-10H2,1H3. The molecule has 0 atom stereocenters. The largest absolute Gasteiger partial charge is 0.317 e. The highest BCUT2D eigenvalue weighted by atomic mass is 15.0. The van der Waals surface area contributed by atoms with Crippen LogP contribution in [0, 0.1) is 5.92 Å². The number of hydrogen-bond acceptors (Lipinski definition) is 2. The summed E-state index contributed by atoms with van der Waals surface area (Å²) in [4.78, 5) is 0. The van der Waals surface area contributed by atoms with E-state index in [-0.39, 0.29) is 0 Å². The number of rotatable bonds is 3. The summed E-state index contributed by atoms with van der Waals surface area (Å²) in [5, 5.41) is 7.22. The third-order valence-corrected chi connectivity index (χ3v) is 3.98. The van der Waals surface area contributed by atoms with Crippen LogP contribution in [0.15, 0.2) is 0 Å². The number of nitrogens with one attached hydrogen (secondary N) is 2. The van der Waals surface area contributed by atoms with Crippen LogP contribution in [0.25, 0.3) is 0 Å². The molecule has 1 aliphatic heterocycles. The van der Waals surface area contributed by atoms with Gasteiger partial charge in [0.15, 0.2) is 0 Å². The van der Waals surface area contributed by atoms with Gasteiger partial charge < -0.3 is 10.6 Å². The summed E-state index contributed by atoms with van der Waals surface area (Å²) in [6, 6.07) is 0. The lowest BCUT2D eigenvalue weighted by atomic mass is 9.95. The molecule has 82 valence electrons. The minimum atomic E-state index is 0.477. The molecule has 2 fully saturated rings. The van der Waals surface area contributed by atoms with Gasteiger partial charge in [-0.2, -0.15) is 0 Å². The first-order chi connectivity index (χ1) is 6.79. The summed E-state index contributed by atoms with van der Waals surface area (Å²) in [7, 11) is 0. The lowest BCUT2D eigenvalue weighted by Crippen LogP contribution is -2.44. The second-order valence-electron chi connectivity index (χ2n) is 5.34. The van der Waals surface area contributed by atoms with Crippen molar-refractivity contribution in [2.75, 3.05) is 19.6 Å². The maximum atomic E-state index is 3.80. The molecular weight excluding hydrogens is 172 g/mol. The van der Waals surface area contributed by atoms with E-state index < -0.39 is 0 Å². The van der Waals surface area contributed by atoms with E-state index in [1.807, 2.05) is 0 Å². The Kier molecular flexibility index (Phi) is 3.45. The molecule has 0 spiro atoms. The Morgan fingerprint density at radius 1 is 1.21 bits per heavy atom. The zero-order valence-electron chi connectivity index (χ0n) is 9.44. The van der Waals surface area contributed by atoms with Crippen LogP contribution >= 0.6 is 0 Å². The van der Waals surface area contributed by atoms with Gasteiger partial charge in [0.1, 0.15) is 0 Å². The zero-order valence-corrected chi connectivity index (χ0v) is 9.44. The van der Waals surface area contributed by atoms with E-state index in [9.17, 15) is 0 Å². The zero-order chi connectivity index (χ0) is 9.86. The van der Waals surface area contributed by atoms with Crippen molar-refractivity contribution < 1.29 is 0 Å². The fraction of sp³-hybridized carbons (Fsp3) is 1.00. The molecule has 0 radical (unpaired) electrons. The molecule has 2 rings (SSSR count). The van der Waals surface area contributed by atoms with E-state index in [1.165, 1.54) is 58.2 Å². The molecule has 1 aliphatic carbocycles. The van der Waals surface area contributed by atoms with Crippen molar-refractivity contribution in [2.45, 2.75) is 51.0 Å². The average molecular weight is 196 g/mol. The van der Waals surface area contributed by atoms with Crippen molar-refractivity contribution in [1.29, 1.82) is 0 Å². The van der Waals surface area contributed by atoms with E-state index in [0.29, 0.717) is 5.54 Å². The van der Waals surface area contributed by atoms with Gasteiger partial charge in [-0.15, -0.1) is 0 Å². The lowest BCUT2D eigenvalue weighted by molar-refractivity contribution is 0.291. The molecule has 0 aromatic carbocycles. The van der Waals surface area contributed by atoms with Crippen LogP contribution < -0.4 is 10.6 Å². The van der Waals surface area contributed by atoms with Crippen LogP contribution in [0.1, 0.15) is 45.4 Å². The van der Waals surface area contributed by atoms with Crippen LogP contribution in [-0.4, -0.2) is 25.2 Å². The van der Waals surface area contributed by atoms with Gasteiger partial charge in [0.2, 0.25) is 0 Å². The van der Waals surface area contributed by atoms with Crippen molar-refractivity contribution in [2.24, 2.45) is 5.92 Å². The first-order valence-electron chi connectivity index (χ1n) is 6.24. The third kappa shape index (κ3) is 2.71. The topological polar surface area (TPSA) is 24.1 Å². The summed E-state index contributed by atoms with van der Waals surface area (Å²) in [6.07, 6.45) is 8.35. The Labute approximate surface area is 87.8 Å². The molecule has 2 heteroatoms. The van der Waals surface area contributed by atoms with E-state index in [0.717, 1.165) is 5.92 Å². The minimum absolute atomic E-state index is 0.477. The predicted molar refractivity (Wildman–Crippen MR) is 60.5 cm³/mol. The minimum Gasteiger partial charge on any atom is -0.317 e. The summed E-state index contributed by atoms with van der Waals surface area (Å²) in [5.41, 5.74) is 0.477. The molecule has 2 aliphatic rings. The van der Waals surface area contributed by atoms with Crippen LogP contribution in [-0.2, 0) is 0 Å². The van der Waals surface area contributed by atoms with Crippen molar-refractivity contribution in [3.8, 4) is 0 Å². The molecule has 0 aromatic rings. The Morgan fingerprint density at radius 2 is 1.86 bits per heavy atom. The van der Waals surface area contributed by atoms with Gasteiger partial charge >= 0.3 is 0 Å².